The van der Waals surface area contributed by atoms with E-state index in [1.165, 1.54) is 6.26 Å². The molecule has 0 aliphatic heterocycles. The maximum atomic E-state index is 12.3. The summed E-state index contributed by atoms with van der Waals surface area (Å²) < 4.78 is 5.39. The first kappa shape index (κ1) is 18.0. The van der Waals surface area contributed by atoms with Gasteiger partial charge in [0.25, 0.3) is 5.91 Å². The lowest BCUT2D eigenvalue weighted by Gasteiger charge is -2.24. The Morgan fingerprint density at radius 1 is 1.25 bits per heavy atom. The molecule has 0 spiro atoms. The summed E-state index contributed by atoms with van der Waals surface area (Å²) in [6.45, 7) is 7.22. The predicted octanol–water partition coefficient (Wildman–Crippen LogP) is 3.51. The minimum Gasteiger partial charge on any atom is -0.444 e. The van der Waals surface area contributed by atoms with Gasteiger partial charge in [-0.3, -0.25) is 4.79 Å². The highest BCUT2D eigenvalue weighted by molar-refractivity contribution is 5.92. The van der Waals surface area contributed by atoms with Crippen LogP contribution in [0.3, 0.4) is 0 Å². The summed E-state index contributed by atoms with van der Waals surface area (Å²) in [5, 5.41) is 2.98. The molecule has 24 heavy (non-hydrogen) atoms. The van der Waals surface area contributed by atoms with E-state index < -0.39 is 0 Å². The van der Waals surface area contributed by atoms with Crippen molar-refractivity contribution in [1.82, 2.24) is 15.3 Å². The Balaban J connectivity index is 2.01. The molecule has 6 heteroatoms. The molecule has 0 fully saturated rings. The molecule has 6 nitrogen and oxygen atoms in total. The molecule has 130 valence electrons. The lowest BCUT2D eigenvalue weighted by atomic mass is 9.86. The van der Waals surface area contributed by atoms with Gasteiger partial charge in [0, 0.05) is 18.3 Å². The molecule has 1 atom stereocenters. The molecule has 0 aliphatic carbocycles. The average Bonchev–Trinajstić information content (AvgIpc) is 3.08. The van der Waals surface area contributed by atoms with Gasteiger partial charge in [-0.05, 0) is 24.0 Å². The highest BCUT2D eigenvalue weighted by atomic mass is 16.3. The van der Waals surface area contributed by atoms with Crippen molar-refractivity contribution in [2.24, 2.45) is 11.8 Å². The van der Waals surface area contributed by atoms with Crippen LogP contribution in [0.5, 0.6) is 0 Å². The number of aromatic nitrogens is 2. The van der Waals surface area contributed by atoms with E-state index in [2.05, 4.69) is 36.1 Å². The Labute approximate surface area is 142 Å². The van der Waals surface area contributed by atoms with Crippen molar-refractivity contribution >= 4 is 11.7 Å². The summed E-state index contributed by atoms with van der Waals surface area (Å²) in [6, 6.07) is 3.40. The Bertz CT molecular complexity index is 665. The molecule has 2 rings (SSSR count). The van der Waals surface area contributed by atoms with E-state index in [0.29, 0.717) is 35.7 Å². The molecule has 2 aromatic rings. The summed E-state index contributed by atoms with van der Waals surface area (Å²) in [4.78, 5) is 20.5. The Hall–Kier alpha value is -2.37. The third-order valence-corrected chi connectivity index (χ3v) is 4.53. The number of carbonyl (C=O) groups is 1. The van der Waals surface area contributed by atoms with Gasteiger partial charge in [-0.25, -0.2) is 9.97 Å². The van der Waals surface area contributed by atoms with Gasteiger partial charge >= 0.3 is 0 Å². The molecule has 2 aromatic heterocycles. The second-order valence-corrected chi connectivity index (χ2v) is 5.96. The number of carbonyl (C=O) groups excluding carboxylic acids is 1. The van der Waals surface area contributed by atoms with Gasteiger partial charge in [-0.1, -0.05) is 40.0 Å². The highest BCUT2D eigenvalue weighted by Gasteiger charge is 2.19. The molecule has 1 amide bonds. The Morgan fingerprint density at radius 3 is 2.58 bits per heavy atom. The molecule has 0 saturated carbocycles. The Kier molecular flexibility index (Phi) is 6.35. The van der Waals surface area contributed by atoms with Gasteiger partial charge < -0.3 is 15.5 Å². The third-order valence-electron chi connectivity index (χ3n) is 4.53. The Morgan fingerprint density at radius 2 is 1.96 bits per heavy atom. The van der Waals surface area contributed by atoms with E-state index in [-0.39, 0.29) is 11.6 Å². The number of nitrogens with zero attached hydrogens (tertiary/aromatic N) is 2. The monoisotopic (exact) mass is 330 g/mol. The van der Waals surface area contributed by atoms with Gasteiger partial charge in [0.1, 0.15) is 12.1 Å². The number of rotatable bonds is 8. The van der Waals surface area contributed by atoms with E-state index in [1.54, 1.807) is 18.3 Å². The standard InChI is InChI=1S/C18H26N4O2/c1-4-12(5-2)13(6-3)10-21-17(23)15-11-24-18(22-15)14-7-8-20-16(19)9-14/h7-9,11-13H,4-6,10H2,1-3H3,(H2,19,20)(H,21,23). The van der Waals surface area contributed by atoms with Crippen molar-refractivity contribution in [3.63, 3.8) is 0 Å². The van der Waals surface area contributed by atoms with Crippen LogP contribution in [-0.2, 0) is 0 Å². The number of amides is 1. The quantitative estimate of drug-likeness (QED) is 0.772. The molecule has 0 radical (unpaired) electrons. The zero-order chi connectivity index (χ0) is 17.5. The van der Waals surface area contributed by atoms with Gasteiger partial charge in [0.05, 0.1) is 0 Å². The molecular formula is C18H26N4O2. The number of nitrogen functional groups attached to an aromatic ring is 1. The van der Waals surface area contributed by atoms with Crippen LogP contribution < -0.4 is 11.1 Å². The van der Waals surface area contributed by atoms with Crippen LogP contribution in [0.4, 0.5) is 5.82 Å². The average molecular weight is 330 g/mol. The van der Waals surface area contributed by atoms with Crippen LogP contribution in [0.2, 0.25) is 0 Å². The van der Waals surface area contributed by atoms with Crippen molar-refractivity contribution in [2.45, 2.75) is 40.0 Å². The number of nitrogens with one attached hydrogen (secondary N) is 1. The summed E-state index contributed by atoms with van der Waals surface area (Å²) in [5.74, 6) is 1.64. The van der Waals surface area contributed by atoms with Crippen molar-refractivity contribution in [1.29, 1.82) is 0 Å². The molecule has 2 heterocycles. The first-order chi connectivity index (χ1) is 11.6. The fourth-order valence-electron chi connectivity index (χ4n) is 3.01. The summed E-state index contributed by atoms with van der Waals surface area (Å²) in [6.07, 6.45) is 6.26. The minimum absolute atomic E-state index is 0.212. The van der Waals surface area contributed by atoms with Gasteiger partial charge in [-0.2, -0.15) is 0 Å². The van der Waals surface area contributed by atoms with E-state index in [0.717, 1.165) is 19.3 Å². The van der Waals surface area contributed by atoms with E-state index in [9.17, 15) is 4.79 Å². The molecule has 0 bridgehead atoms. The zero-order valence-corrected chi connectivity index (χ0v) is 14.6. The van der Waals surface area contributed by atoms with E-state index >= 15 is 0 Å². The van der Waals surface area contributed by atoms with Crippen LogP contribution in [0.25, 0.3) is 11.5 Å². The van der Waals surface area contributed by atoms with Crippen LogP contribution in [0, 0.1) is 11.8 Å². The lowest BCUT2D eigenvalue weighted by Crippen LogP contribution is -2.32. The van der Waals surface area contributed by atoms with Gasteiger partial charge in [-0.15, -0.1) is 0 Å². The second-order valence-electron chi connectivity index (χ2n) is 5.96. The number of pyridine rings is 1. The number of hydrogen-bond donors (Lipinski definition) is 2. The highest BCUT2D eigenvalue weighted by Crippen LogP contribution is 2.22. The minimum atomic E-state index is -0.212. The first-order valence-electron chi connectivity index (χ1n) is 8.54. The summed E-state index contributed by atoms with van der Waals surface area (Å²) in [5.41, 5.74) is 6.63. The summed E-state index contributed by atoms with van der Waals surface area (Å²) in [7, 11) is 0. The van der Waals surface area contributed by atoms with Crippen LogP contribution in [0.15, 0.2) is 29.0 Å². The molecule has 0 saturated heterocycles. The van der Waals surface area contributed by atoms with Crippen LogP contribution >= 0.6 is 0 Å². The smallest absolute Gasteiger partial charge is 0.273 e. The zero-order valence-electron chi connectivity index (χ0n) is 14.6. The fourth-order valence-corrected chi connectivity index (χ4v) is 3.01. The van der Waals surface area contributed by atoms with Crippen LogP contribution in [-0.4, -0.2) is 22.4 Å². The maximum Gasteiger partial charge on any atom is 0.273 e. The number of hydrogen-bond acceptors (Lipinski definition) is 5. The number of oxazole rings is 1. The lowest BCUT2D eigenvalue weighted by molar-refractivity contribution is 0.0935. The SMILES string of the molecule is CCC(CC)C(CC)CNC(=O)c1coc(-c2ccnc(N)c2)n1. The number of nitrogens with two attached hydrogens (primary N) is 1. The summed E-state index contributed by atoms with van der Waals surface area (Å²) >= 11 is 0. The predicted molar refractivity (Wildman–Crippen MR) is 94.3 cm³/mol. The normalized spacial score (nSPS) is 12.3. The van der Waals surface area contributed by atoms with Crippen molar-refractivity contribution in [3.8, 4) is 11.5 Å². The van der Waals surface area contributed by atoms with Crippen molar-refractivity contribution < 1.29 is 9.21 Å². The fraction of sp³-hybridized carbons (Fsp3) is 0.500. The van der Waals surface area contributed by atoms with Crippen LogP contribution in [0.1, 0.15) is 50.5 Å². The van der Waals surface area contributed by atoms with Crippen molar-refractivity contribution in [2.75, 3.05) is 12.3 Å². The van der Waals surface area contributed by atoms with E-state index in [4.69, 9.17) is 10.2 Å². The molecule has 0 aliphatic rings. The van der Waals surface area contributed by atoms with E-state index in [1.807, 2.05) is 0 Å². The molecule has 1 unspecified atom stereocenters. The second kappa shape index (κ2) is 8.47. The molecule has 0 aromatic carbocycles. The topological polar surface area (TPSA) is 94.0 Å². The molecule has 3 N–H and O–H groups in total. The largest absolute Gasteiger partial charge is 0.444 e. The van der Waals surface area contributed by atoms with Crippen molar-refractivity contribution in [3.05, 3.63) is 30.3 Å². The third kappa shape index (κ3) is 4.34. The molecular weight excluding hydrogens is 304 g/mol. The number of anilines is 1. The van der Waals surface area contributed by atoms with Gasteiger partial charge in [0.15, 0.2) is 5.69 Å². The maximum absolute atomic E-state index is 12.3. The first-order valence-corrected chi connectivity index (χ1v) is 8.54. The van der Waals surface area contributed by atoms with Gasteiger partial charge in [0.2, 0.25) is 5.89 Å².